The lowest BCUT2D eigenvalue weighted by molar-refractivity contribution is 0.283. The summed E-state index contributed by atoms with van der Waals surface area (Å²) in [5.74, 6) is 0.774. The summed E-state index contributed by atoms with van der Waals surface area (Å²) in [4.78, 5) is 0. The summed E-state index contributed by atoms with van der Waals surface area (Å²) in [6.07, 6.45) is 0.579. The van der Waals surface area contributed by atoms with Crippen LogP contribution in [0.15, 0.2) is 24.3 Å². The Kier molecular flexibility index (Phi) is 4.45. The quantitative estimate of drug-likeness (QED) is 0.915. The first kappa shape index (κ1) is 13.9. The normalized spacial score (nSPS) is 10.7. The second-order valence-electron chi connectivity index (χ2n) is 4.35. The Morgan fingerprint density at radius 1 is 1.37 bits per heavy atom. The van der Waals surface area contributed by atoms with E-state index in [9.17, 15) is 0 Å². The average Bonchev–Trinajstić information content (AvgIpc) is 2.63. The van der Waals surface area contributed by atoms with Gasteiger partial charge in [-0.2, -0.15) is 5.10 Å². The minimum atomic E-state index is 0.104. The minimum absolute atomic E-state index is 0.104. The van der Waals surface area contributed by atoms with E-state index in [0.717, 1.165) is 22.6 Å². The summed E-state index contributed by atoms with van der Waals surface area (Å²) in [6.45, 7) is 2.39. The maximum Gasteiger partial charge on any atom is 0.133 e. The molecule has 2 rings (SSSR count). The lowest BCUT2D eigenvalue weighted by atomic mass is 10.1. The molecule has 4 nitrogen and oxygen atoms in total. The summed E-state index contributed by atoms with van der Waals surface area (Å²) >= 11 is 6.16. The summed E-state index contributed by atoms with van der Waals surface area (Å²) in [7, 11) is 1.80. The standard InChI is InChI=1S/C14H17ClN2O2/c1-10-12(14(15)17(2)16-10)9-19-13-6-4-3-5-11(13)7-8-18/h3-6,18H,7-9H2,1-2H3. The van der Waals surface area contributed by atoms with Crippen molar-refractivity contribution < 1.29 is 9.84 Å². The van der Waals surface area contributed by atoms with Crippen LogP contribution in [-0.4, -0.2) is 21.5 Å². The second kappa shape index (κ2) is 6.08. The lowest BCUT2D eigenvalue weighted by Gasteiger charge is -2.10. The summed E-state index contributed by atoms with van der Waals surface area (Å²) < 4.78 is 7.44. The van der Waals surface area contributed by atoms with E-state index in [1.807, 2.05) is 31.2 Å². The third kappa shape index (κ3) is 3.08. The molecule has 102 valence electrons. The van der Waals surface area contributed by atoms with E-state index in [-0.39, 0.29) is 6.61 Å². The average molecular weight is 281 g/mol. The van der Waals surface area contributed by atoms with E-state index >= 15 is 0 Å². The van der Waals surface area contributed by atoms with Crippen molar-refractivity contribution in [2.75, 3.05) is 6.61 Å². The number of nitrogens with zero attached hydrogens (tertiary/aromatic N) is 2. The smallest absolute Gasteiger partial charge is 0.133 e. The van der Waals surface area contributed by atoms with Gasteiger partial charge in [0.25, 0.3) is 0 Å². The topological polar surface area (TPSA) is 47.3 Å². The van der Waals surface area contributed by atoms with Crippen LogP contribution in [0, 0.1) is 6.92 Å². The van der Waals surface area contributed by atoms with Gasteiger partial charge in [0.15, 0.2) is 0 Å². The first-order valence-electron chi connectivity index (χ1n) is 6.13. The molecule has 0 aliphatic rings. The van der Waals surface area contributed by atoms with Crippen LogP contribution in [-0.2, 0) is 20.1 Å². The minimum Gasteiger partial charge on any atom is -0.488 e. The molecule has 0 radical (unpaired) electrons. The largest absolute Gasteiger partial charge is 0.488 e. The highest BCUT2D eigenvalue weighted by molar-refractivity contribution is 6.30. The molecule has 1 aromatic carbocycles. The fourth-order valence-electron chi connectivity index (χ4n) is 1.96. The zero-order valence-electron chi connectivity index (χ0n) is 11.1. The van der Waals surface area contributed by atoms with E-state index < -0.39 is 0 Å². The monoisotopic (exact) mass is 280 g/mol. The van der Waals surface area contributed by atoms with Crippen molar-refractivity contribution in [3.63, 3.8) is 0 Å². The number of para-hydroxylation sites is 1. The van der Waals surface area contributed by atoms with Crippen molar-refractivity contribution in [1.29, 1.82) is 0 Å². The number of aliphatic hydroxyl groups is 1. The molecule has 2 aromatic rings. The number of aromatic nitrogens is 2. The Morgan fingerprint density at radius 2 is 2.11 bits per heavy atom. The molecular weight excluding hydrogens is 264 g/mol. The highest BCUT2D eigenvalue weighted by atomic mass is 35.5. The van der Waals surface area contributed by atoms with E-state index in [4.69, 9.17) is 21.4 Å². The zero-order valence-corrected chi connectivity index (χ0v) is 11.8. The molecule has 1 aromatic heterocycles. The van der Waals surface area contributed by atoms with Crippen molar-refractivity contribution in [1.82, 2.24) is 9.78 Å². The SMILES string of the molecule is Cc1nn(C)c(Cl)c1COc1ccccc1CCO. The number of rotatable bonds is 5. The van der Waals surface area contributed by atoms with Gasteiger partial charge < -0.3 is 9.84 Å². The fraction of sp³-hybridized carbons (Fsp3) is 0.357. The van der Waals surface area contributed by atoms with Gasteiger partial charge in [-0.1, -0.05) is 29.8 Å². The highest BCUT2D eigenvalue weighted by Gasteiger charge is 2.12. The zero-order chi connectivity index (χ0) is 13.8. The van der Waals surface area contributed by atoms with E-state index in [0.29, 0.717) is 18.2 Å². The van der Waals surface area contributed by atoms with Gasteiger partial charge in [-0.3, -0.25) is 4.68 Å². The summed E-state index contributed by atoms with van der Waals surface area (Å²) in [6, 6.07) is 7.68. The molecule has 0 saturated carbocycles. The molecular formula is C14H17ClN2O2. The number of hydrogen-bond donors (Lipinski definition) is 1. The molecule has 0 spiro atoms. The van der Waals surface area contributed by atoms with Gasteiger partial charge in [-0.15, -0.1) is 0 Å². The Balaban J connectivity index is 2.14. The third-order valence-electron chi connectivity index (χ3n) is 3.00. The molecule has 5 heteroatoms. The number of benzene rings is 1. The van der Waals surface area contributed by atoms with Gasteiger partial charge >= 0.3 is 0 Å². The molecule has 0 atom stereocenters. The van der Waals surface area contributed by atoms with Crippen molar-refractivity contribution >= 4 is 11.6 Å². The van der Waals surface area contributed by atoms with E-state index in [1.165, 1.54) is 0 Å². The molecule has 0 unspecified atom stereocenters. The lowest BCUT2D eigenvalue weighted by Crippen LogP contribution is -2.01. The van der Waals surface area contributed by atoms with E-state index in [1.54, 1.807) is 11.7 Å². The Labute approximate surface area is 117 Å². The molecule has 1 heterocycles. The van der Waals surface area contributed by atoms with Crippen molar-refractivity contribution in [3.8, 4) is 5.75 Å². The number of halogens is 1. The van der Waals surface area contributed by atoms with Gasteiger partial charge in [-0.25, -0.2) is 0 Å². The predicted molar refractivity (Wildman–Crippen MR) is 74.5 cm³/mol. The van der Waals surface area contributed by atoms with Crippen molar-refractivity contribution in [2.45, 2.75) is 20.0 Å². The third-order valence-corrected chi connectivity index (χ3v) is 3.47. The Bertz CT molecular complexity index is 567. The summed E-state index contributed by atoms with van der Waals surface area (Å²) in [5, 5.41) is 13.9. The van der Waals surface area contributed by atoms with Gasteiger partial charge in [0, 0.05) is 19.2 Å². The number of aryl methyl sites for hydroxylation is 2. The van der Waals surface area contributed by atoms with Crippen molar-refractivity contribution in [2.24, 2.45) is 7.05 Å². The van der Waals surface area contributed by atoms with Gasteiger partial charge in [-0.05, 0) is 25.0 Å². The van der Waals surface area contributed by atoms with Crippen LogP contribution in [0.1, 0.15) is 16.8 Å². The first-order valence-corrected chi connectivity index (χ1v) is 6.50. The Morgan fingerprint density at radius 3 is 2.74 bits per heavy atom. The van der Waals surface area contributed by atoms with E-state index in [2.05, 4.69) is 5.10 Å². The van der Waals surface area contributed by atoms with Crippen LogP contribution in [0.5, 0.6) is 5.75 Å². The maximum absolute atomic E-state index is 9.03. The number of aliphatic hydroxyl groups excluding tert-OH is 1. The van der Waals surface area contributed by atoms with Crippen LogP contribution >= 0.6 is 11.6 Å². The number of hydrogen-bond acceptors (Lipinski definition) is 3. The summed E-state index contributed by atoms with van der Waals surface area (Å²) in [5.41, 5.74) is 2.75. The van der Waals surface area contributed by atoms with Crippen LogP contribution in [0.25, 0.3) is 0 Å². The molecule has 1 N–H and O–H groups in total. The molecule has 19 heavy (non-hydrogen) atoms. The van der Waals surface area contributed by atoms with Crippen LogP contribution < -0.4 is 4.74 Å². The predicted octanol–water partition coefficient (Wildman–Crippen LogP) is 2.50. The van der Waals surface area contributed by atoms with Crippen LogP contribution in [0.3, 0.4) is 0 Å². The van der Waals surface area contributed by atoms with Gasteiger partial charge in [0.1, 0.15) is 17.5 Å². The molecule has 0 fully saturated rings. The highest BCUT2D eigenvalue weighted by Crippen LogP contribution is 2.23. The van der Waals surface area contributed by atoms with Crippen LogP contribution in [0.4, 0.5) is 0 Å². The fourth-order valence-corrected chi connectivity index (χ4v) is 2.19. The second-order valence-corrected chi connectivity index (χ2v) is 4.71. The first-order chi connectivity index (χ1) is 9.13. The Hall–Kier alpha value is -1.52. The molecule has 0 aliphatic carbocycles. The van der Waals surface area contributed by atoms with Crippen molar-refractivity contribution in [3.05, 3.63) is 46.2 Å². The molecule has 0 amide bonds. The molecule has 0 saturated heterocycles. The maximum atomic E-state index is 9.03. The van der Waals surface area contributed by atoms with Gasteiger partial charge in [0.05, 0.1) is 5.69 Å². The molecule has 0 aliphatic heterocycles. The molecule has 0 bridgehead atoms. The van der Waals surface area contributed by atoms with Gasteiger partial charge in [0.2, 0.25) is 0 Å². The number of ether oxygens (including phenoxy) is 1. The van der Waals surface area contributed by atoms with Crippen LogP contribution in [0.2, 0.25) is 5.15 Å².